The number of anilines is 1. The number of aromatic nitrogens is 2. The fourth-order valence-electron chi connectivity index (χ4n) is 5.99. The van der Waals surface area contributed by atoms with Crippen LogP contribution in [0.5, 0.6) is 5.75 Å². The van der Waals surface area contributed by atoms with E-state index in [1.54, 1.807) is 50.0 Å². The molecule has 0 fully saturated rings. The molecule has 0 saturated heterocycles. The molecule has 0 radical (unpaired) electrons. The molecule has 2 N–H and O–H groups in total. The third kappa shape index (κ3) is 4.44. The first-order valence-electron chi connectivity index (χ1n) is 13.1. The van der Waals surface area contributed by atoms with Gasteiger partial charge in [-0.25, -0.2) is 4.68 Å². The zero-order valence-corrected chi connectivity index (χ0v) is 23.0. The first kappa shape index (κ1) is 27.1. The summed E-state index contributed by atoms with van der Waals surface area (Å²) in [6.45, 7) is 9.52. The first-order valence-corrected chi connectivity index (χ1v) is 13.1. The van der Waals surface area contributed by atoms with Crippen LogP contribution >= 0.6 is 0 Å². The smallest absolute Gasteiger partial charge is 0.419 e. The van der Waals surface area contributed by atoms with Gasteiger partial charge >= 0.3 is 6.18 Å². The molecule has 206 valence electrons. The van der Waals surface area contributed by atoms with Crippen LogP contribution in [0.4, 0.5) is 18.9 Å². The highest BCUT2D eigenvalue weighted by atomic mass is 19.4. The second-order valence-corrected chi connectivity index (χ2v) is 11.5. The maximum absolute atomic E-state index is 14.6. The Bertz CT molecular complexity index is 1520. The highest BCUT2D eigenvalue weighted by Gasteiger charge is 2.64. The molecule has 1 aromatic heterocycles. The average molecular weight is 538 g/mol. The average Bonchev–Trinajstić information content (AvgIpc) is 3.28. The molecule has 0 amide bonds. The van der Waals surface area contributed by atoms with E-state index < -0.39 is 29.7 Å². The van der Waals surface area contributed by atoms with Crippen molar-refractivity contribution in [2.24, 2.45) is 0 Å². The maximum Gasteiger partial charge on any atom is 0.419 e. The van der Waals surface area contributed by atoms with E-state index in [4.69, 9.17) is 4.74 Å². The summed E-state index contributed by atoms with van der Waals surface area (Å²) in [4.78, 5) is 0. The fourth-order valence-corrected chi connectivity index (χ4v) is 5.99. The van der Waals surface area contributed by atoms with Gasteiger partial charge in [-0.1, -0.05) is 57.5 Å². The summed E-state index contributed by atoms with van der Waals surface area (Å²) in [6.07, 6.45) is -3.70. The largest absolute Gasteiger partial charge is 0.496 e. The Labute approximate surface area is 226 Å². The van der Waals surface area contributed by atoms with Gasteiger partial charge in [0.15, 0.2) is 5.60 Å². The second kappa shape index (κ2) is 9.30. The van der Waals surface area contributed by atoms with Gasteiger partial charge in [-0.3, -0.25) is 0 Å². The van der Waals surface area contributed by atoms with Crippen molar-refractivity contribution in [3.63, 3.8) is 0 Å². The second-order valence-electron chi connectivity index (χ2n) is 11.5. The molecule has 2 atom stereocenters. The molecule has 0 unspecified atom stereocenters. The van der Waals surface area contributed by atoms with E-state index in [0.717, 1.165) is 27.7 Å². The molecule has 0 bridgehead atoms. The van der Waals surface area contributed by atoms with Crippen molar-refractivity contribution < 1.29 is 23.0 Å². The summed E-state index contributed by atoms with van der Waals surface area (Å²) in [5.41, 5.74) is 1.29. The Morgan fingerprint density at radius 1 is 1.08 bits per heavy atom. The lowest BCUT2D eigenvalue weighted by Crippen LogP contribution is -2.58. The third-order valence-electron chi connectivity index (χ3n) is 7.87. The zero-order chi connectivity index (χ0) is 28.3. The SMILES string of the molecule is COc1c(C(C)C)ccc2c1C(C)(C)C[C@](O)(C(F)(F)F)[C@@H]2Nc1ccc2c(cnn2-c2ccc(C)cc2)c1. The Kier molecular flexibility index (Phi) is 6.45. The molecule has 5 rings (SSSR count). The number of fused-ring (bicyclic) bond motifs is 2. The molecule has 0 saturated carbocycles. The van der Waals surface area contributed by atoms with Crippen LogP contribution in [-0.4, -0.2) is 33.8 Å². The maximum atomic E-state index is 14.6. The lowest BCUT2D eigenvalue weighted by molar-refractivity contribution is -0.275. The van der Waals surface area contributed by atoms with E-state index in [9.17, 15) is 18.3 Å². The van der Waals surface area contributed by atoms with Crippen LogP contribution in [0.25, 0.3) is 16.6 Å². The summed E-state index contributed by atoms with van der Waals surface area (Å²) < 4.78 is 51.5. The van der Waals surface area contributed by atoms with Gasteiger partial charge in [0, 0.05) is 16.6 Å². The van der Waals surface area contributed by atoms with E-state index in [1.807, 2.05) is 57.2 Å². The van der Waals surface area contributed by atoms with Crippen molar-refractivity contribution in [2.75, 3.05) is 12.4 Å². The van der Waals surface area contributed by atoms with Crippen LogP contribution in [-0.2, 0) is 5.41 Å². The molecule has 39 heavy (non-hydrogen) atoms. The number of nitrogens with zero attached hydrogens (tertiary/aromatic N) is 2. The van der Waals surface area contributed by atoms with E-state index >= 15 is 0 Å². The number of aryl methyl sites for hydroxylation is 1. The van der Waals surface area contributed by atoms with Crippen LogP contribution in [0.2, 0.25) is 0 Å². The van der Waals surface area contributed by atoms with E-state index in [-0.39, 0.29) is 5.92 Å². The first-order chi connectivity index (χ1) is 18.3. The van der Waals surface area contributed by atoms with Gasteiger partial charge in [0.2, 0.25) is 0 Å². The molecule has 4 aromatic rings. The fraction of sp³-hybridized carbons (Fsp3) is 0.387. The van der Waals surface area contributed by atoms with Gasteiger partial charge in [0.1, 0.15) is 5.75 Å². The number of ether oxygens (including phenoxy) is 1. The molecule has 1 aliphatic rings. The molecule has 0 spiro atoms. The van der Waals surface area contributed by atoms with Gasteiger partial charge in [-0.15, -0.1) is 0 Å². The van der Waals surface area contributed by atoms with Crippen molar-refractivity contribution in [3.05, 3.63) is 83.0 Å². The summed E-state index contributed by atoms with van der Waals surface area (Å²) in [6, 6.07) is 15.3. The van der Waals surface area contributed by atoms with Crippen molar-refractivity contribution in [3.8, 4) is 11.4 Å². The molecule has 0 aliphatic heterocycles. The van der Waals surface area contributed by atoms with Crippen molar-refractivity contribution >= 4 is 16.6 Å². The molecule has 5 nitrogen and oxygen atoms in total. The van der Waals surface area contributed by atoms with Crippen molar-refractivity contribution in [2.45, 2.75) is 70.2 Å². The molecule has 8 heteroatoms. The van der Waals surface area contributed by atoms with Gasteiger partial charge < -0.3 is 15.2 Å². The predicted octanol–water partition coefficient (Wildman–Crippen LogP) is 7.59. The number of aliphatic hydroxyl groups is 1. The van der Waals surface area contributed by atoms with E-state index in [0.29, 0.717) is 22.6 Å². The van der Waals surface area contributed by atoms with Gasteiger partial charge in [0.25, 0.3) is 0 Å². The molecule has 1 heterocycles. The lowest BCUT2D eigenvalue weighted by Gasteiger charge is -2.49. The number of halogens is 3. The van der Waals surface area contributed by atoms with Crippen LogP contribution in [0.3, 0.4) is 0 Å². The van der Waals surface area contributed by atoms with Crippen LogP contribution in [0, 0.1) is 6.92 Å². The minimum atomic E-state index is -4.87. The van der Waals surface area contributed by atoms with E-state index in [1.165, 1.54) is 0 Å². The van der Waals surface area contributed by atoms with Crippen LogP contribution < -0.4 is 10.1 Å². The van der Waals surface area contributed by atoms with E-state index in [2.05, 4.69) is 10.4 Å². The quantitative estimate of drug-likeness (QED) is 0.275. The van der Waals surface area contributed by atoms with Crippen LogP contribution in [0.15, 0.2) is 60.8 Å². The summed E-state index contributed by atoms with van der Waals surface area (Å²) in [5, 5.41) is 19.7. The van der Waals surface area contributed by atoms with Crippen molar-refractivity contribution in [1.29, 1.82) is 0 Å². The molecular formula is C31H34F3N3O2. The molecule has 1 aliphatic carbocycles. The van der Waals surface area contributed by atoms with Gasteiger partial charge in [-0.05, 0) is 66.1 Å². The Morgan fingerprint density at radius 3 is 2.38 bits per heavy atom. The zero-order valence-electron chi connectivity index (χ0n) is 23.0. The number of methoxy groups -OCH3 is 1. The number of hydrogen-bond donors (Lipinski definition) is 2. The lowest BCUT2D eigenvalue weighted by atomic mass is 9.62. The highest BCUT2D eigenvalue weighted by Crippen LogP contribution is 2.57. The van der Waals surface area contributed by atoms with Gasteiger partial charge in [-0.2, -0.15) is 18.3 Å². The number of alkyl halides is 3. The number of benzene rings is 3. The molecular weight excluding hydrogens is 503 g/mol. The summed E-state index contributed by atoms with van der Waals surface area (Å²) >= 11 is 0. The van der Waals surface area contributed by atoms with Crippen LogP contribution in [0.1, 0.15) is 68.3 Å². The van der Waals surface area contributed by atoms with Crippen molar-refractivity contribution in [1.82, 2.24) is 9.78 Å². The normalized spacial score (nSPS) is 20.7. The number of hydrogen-bond acceptors (Lipinski definition) is 4. The Hall–Kier alpha value is -3.52. The number of rotatable bonds is 5. The minimum Gasteiger partial charge on any atom is -0.496 e. The Balaban J connectivity index is 1.63. The topological polar surface area (TPSA) is 59.3 Å². The highest BCUT2D eigenvalue weighted by molar-refractivity contribution is 5.84. The van der Waals surface area contributed by atoms with Gasteiger partial charge in [0.05, 0.1) is 30.6 Å². The summed E-state index contributed by atoms with van der Waals surface area (Å²) in [7, 11) is 1.55. The third-order valence-corrected chi connectivity index (χ3v) is 7.87. The molecule has 3 aromatic carbocycles. The monoisotopic (exact) mass is 537 g/mol. The minimum absolute atomic E-state index is 0.114. The predicted molar refractivity (Wildman–Crippen MR) is 148 cm³/mol. The number of nitrogens with one attached hydrogen (secondary N) is 1. The standard InChI is InChI=1S/C31H34F3N3O2/c1-18(2)23-12-13-24-26(27(23)39-6)29(4,5)17-30(38,31(32,33)34)28(24)36-21-9-14-25-20(15-21)16-35-37(25)22-10-7-19(3)8-11-22/h7-16,18,28,36,38H,17H2,1-6H3/t28-,30-/m1/s1. The summed E-state index contributed by atoms with van der Waals surface area (Å²) in [5.74, 6) is 0.696. The Morgan fingerprint density at radius 2 is 1.77 bits per heavy atom.